The Hall–Kier alpha value is -2.10. The summed E-state index contributed by atoms with van der Waals surface area (Å²) < 4.78 is 0. The largest absolute Gasteiger partial charge is 0.477 e. The van der Waals surface area contributed by atoms with Crippen molar-refractivity contribution < 1.29 is 9.90 Å². The lowest BCUT2D eigenvalue weighted by Gasteiger charge is -2.47. The number of rotatable bonds is 2. The first-order valence-corrected chi connectivity index (χ1v) is 6.34. The molecule has 1 fully saturated rings. The number of aromatic nitrogens is 1. The molecule has 0 atom stereocenters. The summed E-state index contributed by atoms with van der Waals surface area (Å²) in [4.78, 5) is 17.4. The van der Waals surface area contributed by atoms with Crippen LogP contribution in [0.3, 0.4) is 0 Å². The summed E-state index contributed by atoms with van der Waals surface area (Å²) in [6.07, 6.45) is 0. The zero-order chi connectivity index (χ0) is 13.6. The van der Waals surface area contributed by atoms with Crippen LogP contribution in [0.4, 0.5) is 5.69 Å². The average molecular weight is 256 g/mol. The number of pyridine rings is 1. The van der Waals surface area contributed by atoms with Crippen LogP contribution in [0.25, 0.3) is 10.9 Å². The fourth-order valence-corrected chi connectivity index (χ4v) is 2.59. The Balaban J connectivity index is 1.98. The number of hydrogen-bond donors (Lipinski definition) is 1. The van der Waals surface area contributed by atoms with Crippen molar-refractivity contribution in [3.8, 4) is 0 Å². The van der Waals surface area contributed by atoms with Crippen molar-refractivity contribution in [1.82, 2.24) is 4.98 Å². The minimum atomic E-state index is -0.989. The van der Waals surface area contributed by atoms with Crippen molar-refractivity contribution in [3.63, 3.8) is 0 Å². The van der Waals surface area contributed by atoms with E-state index in [0.29, 0.717) is 5.41 Å². The van der Waals surface area contributed by atoms with Gasteiger partial charge in [-0.3, -0.25) is 0 Å². The van der Waals surface area contributed by atoms with E-state index in [1.807, 2.05) is 12.1 Å². The van der Waals surface area contributed by atoms with E-state index in [1.165, 1.54) is 6.07 Å². The predicted octanol–water partition coefficient (Wildman–Crippen LogP) is 2.78. The molecule has 0 unspecified atom stereocenters. The van der Waals surface area contributed by atoms with Gasteiger partial charge in [-0.15, -0.1) is 0 Å². The summed E-state index contributed by atoms with van der Waals surface area (Å²) in [5.41, 5.74) is 2.31. The molecular weight excluding hydrogens is 240 g/mol. The van der Waals surface area contributed by atoms with Crippen LogP contribution in [0, 0.1) is 5.41 Å². The van der Waals surface area contributed by atoms with E-state index in [4.69, 9.17) is 5.11 Å². The zero-order valence-corrected chi connectivity index (χ0v) is 11.1. The molecule has 2 heterocycles. The standard InChI is InChI=1S/C15H16N2O2/c1-15(2)8-17(9-15)11-5-3-10-4-6-12(14(18)19)16-13(10)7-11/h3-7H,8-9H2,1-2H3,(H,18,19). The lowest BCUT2D eigenvalue weighted by Crippen LogP contribution is -2.53. The van der Waals surface area contributed by atoms with Crippen molar-refractivity contribution in [2.45, 2.75) is 13.8 Å². The van der Waals surface area contributed by atoms with Crippen molar-refractivity contribution >= 4 is 22.6 Å². The smallest absolute Gasteiger partial charge is 0.354 e. The number of anilines is 1. The van der Waals surface area contributed by atoms with Gasteiger partial charge in [0, 0.05) is 24.2 Å². The van der Waals surface area contributed by atoms with Gasteiger partial charge in [0.25, 0.3) is 0 Å². The van der Waals surface area contributed by atoms with Crippen LogP contribution in [-0.4, -0.2) is 29.1 Å². The second-order valence-corrected chi connectivity index (χ2v) is 5.90. The molecule has 0 bridgehead atoms. The number of fused-ring (bicyclic) bond motifs is 1. The van der Waals surface area contributed by atoms with E-state index in [-0.39, 0.29) is 5.69 Å². The molecule has 1 aliphatic rings. The van der Waals surface area contributed by atoms with E-state index in [9.17, 15) is 4.79 Å². The number of nitrogens with zero attached hydrogens (tertiary/aromatic N) is 2. The Labute approximate surface area is 111 Å². The molecule has 0 amide bonds. The number of hydrogen-bond acceptors (Lipinski definition) is 3. The fraction of sp³-hybridized carbons (Fsp3) is 0.333. The maximum atomic E-state index is 10.9. The normalized spacial score (nSPS) is 17.3. The molecule has 0 aliphatic carbocycles. The maximum Gasteiger partial charge on any atom is 0.354 e. The molecule has 1 aromatic carbocycles. The van der Waals surface area contributed by atoms with Crippen LogP contribution in [0.1, 0.15) is 24.3 Å². The molecule has 19 heavy (non-hydrogen) atoms. The van der Waals surface area contributed by atoms with Crippen molar-refractivity contribution in [3.05, 3.63) is 36.0 Å². The van der Waals surface area contributed by atoms with E-state index >= 15 is 0 Å². The lowest BCUT2D eigenvalue weighted by molar-refractivity contribution is 0.0691. The molecule has 0 saturated carbocycles. The third-order valence-electron chi connectivity index (χ3n) is 3.50. The van der Waals surface area contributed by atoms with Gasteiger partial charge in [-0.2, -0.15) is 0 Å². The highest BCUT2D eigenvalue weighted by atomic mass is 16.4. The number of aromatic carboxylic acids is 1. The van der Waals surface area contributed by atoms with Gasteiger partial charge in [-0.1, -0.05) is 26.0 Å². The molecule has 1 aliphatic heterocycles. The second-order valence-electron chi connectivity index (χ2n) is 5.90. The van der Waals surface area contributed by atoms with Gasteiger partial charge in [0.15, 0.2) is 0 Å². The van der Waals surface area contributed by atoms with Crippen molar-refractivity contribution in [2.24, 2.45) is 5.41 Å². The Morgan fingerprint density at radius 3 is 2.58 bits per heavy atom. The minimum absolute atomic E-state index is 0.0913. The lowest BCUT2D eigenvalue weighted by atomic mass is 9.84. The number of carbonyl (C=O) groups is 1. The first-order valence-electron chi connectivity index (χ1n) is 6.34. The molecule has 0 spiro atoms. The van der Waals surface area contributed by atoms with E-state index in [1.54, 1.807) is 6.07 Å². The number of benzene rings is 1. The molecule has 1 saturated heterocycles. The van der Waals surface area contributed by atoms with Crippen LogP contribution < -0.4 is 4.90 Å². The van der Waals surface area contributed by atoms with Gasteiger partial charge in [0.05, 0.1) is 5.52 Å². The summed E-state index contributed by atoms with van der Waals surface area (Å²) in [6.45, 7) is 6.53. The monoisotopic (exact) mass is 256 g/mol. The summed E-state index contributed by atoms with van der Waals surface area (Å²) in [6, 6.07) is 9.37. The van der Waals surface area contributed by atoms with Crippen LogP contribution in [0.5, 0.6) is 0 Å². The van der Waals surface area contributed by atoms with Gasteiger partial charge in [-0.05, 0) is 23.6 Å². The highest BCUT2D eigenvalue weighted by molar-refractivity contribution is 5.90. The summed E-state index contributed by atoms with van der Waals surface area (Å²) >= 11 is 0. The van der Waals surface area contributed by atoms with Gasteiger partial charge in [0.1, 0.15) is 5.69 Å². The van der Waals surface area contributed by atoms with Gasteiger partial charge >= 0.3 is 5.97 Å². The van der Waals surface area contributed by atoms with Gasteiger partial charge in [-0.25, -0.2) is 9.78 Å². The topological polar surface area (TPSA) is 53.4 Å². The van der Waals surface area contributed by atoms with Crippen LogP contribution in [0.15, 0.2) is 30.3 Å². The number of carboxylic acid groups (broad SMARTS) is 1. The Bertz CT molecular complexity index is 656. The first kappa shape index (κ1) is 12.0. The molecular formula is C15H16N2O2. The molecule has 4 heteroatoms. The molecule has 4 nitrogen and oxygen atoms in total. The van der Waals surface area contributed by atoms with Crippen LogP contribution in [-0.2, 0) is 0 Å². The minimum Gasteiger partial charge on any atom is -0.477 e. The summed E-state index contributed by atoms with van der Waals surface area (Å²) in [7, 11) is 0. The van der Waals surface area contributed by atoms with Crippen molar-refractivity contribution in [2.75, 3.05) is 18.0 Å². The second kappa shape index (κ2) is 3.95. The van der Waals surface area contributed by atoms with Gasteiger partial charge < -0.3 is 10.0 Å². The molecule has 98 valence electrons. The Morgan fingerprint density at radius 2 is 1.95 bits per heavy atom. The quantitative estimate of drug-likeness (QED) is 0.897. The molecule has 1 aromatic heterocycles. The Morgan fingerprint density at radius 1 is 1.26 bits per heavy atom. The van der Waals surface area contributed by atoms with Crippen LogP contribution in [0.2, 0.25) is 0 Å². The Kier molecular flexibility index (Phi) is 2.49. The molecule has 2 aromatic rings. The first-order chi connectivity index (χ1) is 8.94. The predicted molar refractivity (Wildman–Crippen MR) is 74.7 cm³/mol. The summed E-state index contributed by atoms with van der Waals surface area (Å²) in [5, 5.41) is 9.94. The highest BCUT2D eigenvalue weighted by Crippen LogP contribution is 2.34. The van der Waals surface area contributed by atoms with E-state index < -0.39 is 5.97 Å². The van der Waals surface area contributed by atoms with Crippen molar-refractivity contribution in [1.29, 1.82) is 0 Å². The zero-order valence-electron chi connectivity index (χ0n) is 11.1. The maximum absolute atomic E-state index is 10.9. The average Bonchev–Trinajstić information content (AvgIpc) is 2.34. The van der Waals surface area contributed by atoms with E-state index in [2.05, 4.69) is 29.8 Å². The summed E-state index contributed by atoms with van der Waals surface area (Å²) in [5.74, 6) is -0.989. The molecule has 3 rings (SSSR count). The third-order valence-corrected chi connectivity index (χ3v) is 3.50. The third kappa shape index (κ3) is 2.14. The van der Waals surface area contributed by atoms with Gasteiger partial charge in [0.2, 0.25) is 0 Å². The SMILES string of the molecule is CC1(C)CN(c2ccc3ccc(C(=O)O)nc3c2)C1. The highest BCUT2D eigenvalue weighted by Gasteiger charge is 2.34. The fourth-order valence-electron chi connectivity index (χ4n) is 2.59. The van der Waals surface area contributed by atoms with E-state index in [0.717, 1.165) is 29.7 Å². The number of carboxylic acids is 1. The van der Waals surface area contributed by atoms with Crippen LogP contribution >= 0.6 is 0 Å². The molecule has 1 N–H and O–H groups in total. The molecule has 0 radical (unpaired) electrons.